The third-order valence-electron chi connectivity index (χ3n) is 4.70. The zero-order chi connectivity index (χ0) is 15.4. The topological polar surface area (TPSA) is 32.8 Å². The smallest absolute Gasteiger partial charge is 0.225 e. The maximum absolute atomic E-state index is 12.2. The Labute approximate surface area is 133 Å². The molecule has 22 heavy (non-hydrogen) atoms. The molecule has 0 N–H and O–H groups in total. The molecule has 4 nitrogen and oxygen atoms in total. The highest BCUT2D eigenvalue weighted by Gasteiger charge is 2.33. The number of hydrogen-bond acceptors (Lipinski definition) is 3. The van der Waals surface area contributed by atoms with Gasteiger partial charge in [0.05, 0.1) is 7.11 Å². The molecule has 0 atom stereocenters. The summed E-state index contributed by atoms with van der Waals surface area (Å²) in [4.78, 5) is 16.7. The molecular weight excluding hydrogens is 276 g/mol. The summed E-state index contributed by atoms with van der Waals surface area (Å²) in [6.07, 6.45) is 4.37. The second-order valence-corrected chi connectivity index (χ2v) is 6.39. The van der Waals surface area contributed by atoms with Crippen LogP contribution in [-0.2, 0) is 11.2 Å². The van der Waals surface area contributed by atoms with Crippen molar-refractivity contribution in [2.24, 2.45) is 5.92 Å². The van der Waals surface area contributed by atoms with E-state index >= 15 is 0 Å². The van der Waals surface area contributed by atoms with Crippen molar-refractivity contribution in [1.29, 1.82) is 0 Å². The molecule has 1 aliphatic heterocycles. The molecule has 1 saturated heterocycles. The summed E-state index contributed by atoms with van der Waals surface area (Å²) in [7, 11) is 1.70. The lowest BCUT2D eigenvalue weighted by Crippen LogP contribution is -2.36. The molecule has 1 heterocycles. The van der Waals surface area contributed by atoms with Gasteiger partial charge in [-0.25, -0.2) is 0 Å². The van der Waals surface area contributed by atoms with Crippen LogP contribution >= 0.6 is 0 Å². The lowest BCUT2D eigenvalue weighted by Gasteiger charge is -2.22. The minimum absolute atomic E-state index is 0.353. The first-order valence-corrected chi connectivity index (χ1v) is 8.40. The quantitative estimate of drug-likeness (QED) is 0.836. The highest BCUT2D eigenvalue weighted by molar-refractivity contribution is 5.81. The molecule has 3 rings (SSSR count). The van der Waals surface area contributed by atoms with E-state index in [1.165, 1.54) is 5.56 Å². The summed E-state index contributed by atoms with van der Waals surface area (Å²) >= 11 is 0. The Balaban J connectivity index is 1.45. The van der Waals surface area contributed by atoms with Crippen molar-refractivity contribution in [2.75, 3.05) is 39.8 Å². The standard InChI is InChI=1S/C18H26N2O2/c1-22-17-7-3-15(4-8-17)9-12-19-10-2-11-20(14-13-19)18(21)16-5-6-16/h3-4,7-8,16H,2,5-6,9-14H2,1H3. The average Bonchev–Trinajstić information content (AvgIpc) is 3.39. The maximum Gasteiger partial charge on any atom is 0.225 e. The summed E-state index contributed by atoms with van der Waals surface area (Å²) in [6, 6.07) is 8.32. The number of benzene rings is 1. The zero-order valence-corrected chi connectivity index (χ0v) is 13.5. The fourth-order valence-corrected chi connectivity index (χ4v) is 3.08. The van der Waals surface area contributed by atoms with Crippen LogP contribution in [0.1, 0.15) is 24.8 Å². The second-order valence-electron chi connectivity index (χ2n) is 6.39. The number of carbonyl (C=O) groups excluding carboxylic acids is 1. The predicted octanol–water partition coefficient (Wildman–Crippen LogP) is 2.18. The van der Waals surface area contributed by atoms with E-state index in [1.807, 2.05) is 12.1 Å². The van der Waals surface area contributed by atoms with E-state index < -0.39 is 0 Å². The molecule has 0 radical (unpaired) electrons. The van der Waals surface area contributed by atoms with Crippen LogP contribution in [0.4, 0.5) is 0 Å². The number of hydrogen-bond donors (Lipinski definition) is 0. The Morgan fingerprint density at radius 2 is 1.91 bits per heavy atom. The number of carbonyl (C=O) groups is 1. The summed E-state index contributed by atoms with van der Waals surface area (Å²) in [5, 5.41) is 0. The molecule has 1 amide bonds. The molecular formula is C18H26N2O2. The first kappa shape index (κ1) is 15.3. The van der Waals surface area contributed by atoms with Crippen LogP contribution in [0.15, 0.2) is 24.3 Å². The van der Waals surface area contributed by atoms with E-state index in [0.29, 0.717) is 11.8 Å². The Morgan fingerprint density at radius 1 is 1.14 bits per heavy atom. The Kier molecular flexibility index (Phi) is 4.98. The van der Waals surface area contributed by atoms with Crippen LogP contribution in [0.5, 0.6) is 5.75 Å². The van der Waals surface area contributed by atoms with Crippen molar-refractivity contribution >= 4 is 5.91 Å². The van der Waals surface area contributed by atoms with Gasteiger partial charge in [0.2, 0.25) is 5.91 Å². The molecule has 1 aromatic rings. The largest absolute Gasteiger partial charge is 0.497 e. The van der Waals surface area contributed by atoms with Gasteiger partial charge < -0.3 is 14.5 Å². The summed E-state index contributed by atoms with van der Waals surface area (Å²) in [5.41, 5.74) is 1.34. The van der Waals surface area contributed by atoms with Crippen molar-refractivity contribution in [2.45, 2.75) is 25.7 Å². The fourth-order valence-electron chi connectivity index (χ4n) is 3.08. The van der Waals surface area contributed by atoms with Gasteiger partial charge in [-0.15, -0.1) is 0 Å². The first-order chi connectivity index (χ1) is 10.8. The number of methoxy groups -OCH3 is 1. The molecule has 120 valence electrons. The SMILES string of the molecule is COc1ccc(CCN2CCCN(C(=O)C3CC3)CC2)cc1. The van der Waals surface area contributed by atoms with Gasteiger partial charge in [-0.2, -0.15) is 0 Å². The van der Waals surface area contributed by atoms with Crippen molar-refractivity contribution in [3.8, 4) is 5.75 Å². The highest BCUT2D eigenvalue weighted by atomic mass is 16.5. The fraction of sp³-hybridized carbons (Fsp3) is 0.611. The molecule has 4 heteroatoms. The molecule has 0 bridgehead atoms. The molecule has 0 unspecified atom stereocenters. The van der Waals surface area contributed by atoms with Crippen LogP contribution in [0.3, 0.4) is 0 Å². The monoisotopic (exact) mass is 302 g/mol. The number of nitrogens with zero attached hydrogens (tertiary/aromatic N) is 2. The molecule has 0 aromatic heterocycles. The van der Waals surface area contributed by atoms with E-state index in [1.54, 1.807) is 7.11 Å². The lowest BCUT2D eigenvalue weighted by atomic mass is 10.1. The number of ether oxygens (including phenoxy) is 1. The molecule has 1 aliphatic carbocycles. The molecule has 2 fully saturated rings. The van der Waals surface area contributed by atoms with Crippen LogP contribution in [-0.4, -0.2) is 55.5 Å². The average molecular weight is 302 g/mol. The Bertz CT molecular complexity index is 496. The second kappa shape index (κ2) is 7.14. The minimum Gasteiger partial charge on any atom is -0.497 e. The van der Waals surface area contributed by atoms with Gasteiger partial charge in [0, 0.05) is 32.1 Å². The summed E-state index contributed by atoms with van der Waals surface area (Å²) < 4.78 is 5.19. The van der Waals surface area contributed by atoms with E-state index in [0.717, 1.165) is 64.2 Å². The van der Waals surface area contributed by atoms with Gasteiger partial charge in [0.1, 0.15) is 5.75 Å². The molecule has 0 spiro atoms. The molecule has 2 aliphatic rings. The maximum atomic E-state index is 12.2. The van der Waals surface area contributed by atoms with E-state index in [2.05, 4.69) is 21.9 Å². The third kappa shape index (κ3) is 4.01. The van der Waals surface area contributed by atoms with Crippen LogP contribution in [0.25, 0.3) is 0 Å². The van der Waals surface area contributed by atoms with Gasteiger partial charge in [0.25, 0.3) is 0 Å². The predicted molar refractivity (Wildman–Crippen MR) is 87.1 cm³/mol. The van der Waals surface area contributed by atoms with Crippen molar-refractivity contribution in [3.63, 3.8) is 0 Å². The van der Waals surface area contributed by atoms with Crippen molar-refractivity contribution < 1.29 is 9.53 Å². The molecule has 1 saturated carbocycles. The summed E-state index contributed by atoms with van der Waals surface area (Å²) in [6.45, 7) is 5.02. The van der Waals surface area contributed by atoms with Gasteiger partial charge in [-0.05, 0) is 49.9 Å². The normalized spacial score (nSPS) is 19.8. The minimum atomic E-state index is 0.353. The van der Waals surface area contributed by atoms with E-state index in [4.69, 9.17) is 4.74 Å². The first-order valence-electron chi connectivity index (χ1n) is 8.40. The van der Waals surface area contributed by atoms with Gasteiger partial charge in [-0.1, -0.05) is 12.1 Å². The van der Waals surface area contributed by atoms with Crippen LogP contribution in [0.2, 0.25) is 0 Å². The Morgan fingerprint density at radius 3 is 2.59 bits per heavy atom. The highest BCUT2D eigenvalue weighted by Crippen LogP contribution is 2.31. The van der Waals surface area contributed by atoms with E-state index in [9.17, 15) is 4.79 Å². The van der Waals surface area contributed by atoms with Gasteiger partial charge in [0.15, 0.2) is 0 Å². The van der Waals surface area contributed by atoms with Gasteiger partial charge >= 0.3 is 0 Å². The number of amides is 1. The van der Waals surface area contributed by atoms with Crippen LogP contribution < -0.4 is 4.74 Å². The van der Waals surface area contributed by atoms with Crippen LogP contribution in [0, 0.1) is 5.92 Å². The molecule has 1 aromatic carbocycles. The van der Waals surface area contributed by atoms with Crippen molar-refractivity contribution in [3.05, 3.63) is 29.8 Å². The van der Waals surface area contributed by atoms with Crippen molar-refractivity contribution in [1.82, 2.24) is 9.80 Å². The number of rotatable bonds is 5. The van der Waals surface area contributed by atoms with Gasteiger partial charge in [-0.3, -0.25) is 4.79 Å². The third-order valence-corrected chi connectivity index (χ3v) is 4.70. The lowest BCUT2D eigenvalue weighted by molar-refractivity contribution is -0.132. The van der Waals surface area contributed by atoms with E-state index in [-0.39, 0.29) is 0 Å². The Hall–Kier alpha value is -1.55. The summed E-state index contributed by atoms with van der Waals surface area (Å²) in [5.74, 6) is 1.66. The zero-order valence-electron chi connectivity index (χ0n) is 13.5.